The van der Waals surface area contributed by atoms with E-state index in [1.54, 1.807) is 0 Å². The molecular formula is C14H15BrN2. The van der Waals surface area contributed by atoms with Crippen LogP contribution in [0, 0.1) is 6.92 Å². The first-order valence-corrected chi connectivity index (χ1v) is 6.47. The van der Waals surface area contributed by atoms with Gasteiger partial charge in [-0.2, -0.15) is 0 Å². The maximum Gasteiger partial charge on any atom is 0.130 e. The Morgan fingerprint density at radius 2 is 1.82 bits per heavy atom. The minimum atomic E-state index is 0.870. The third kappa shape index (κ3) is 3.07. The SMILES string of the molecule is CCc1ccc(Nc2ccc(Br)c(C)n2)cc1. The summed E-state index contributed by atoms with van der Waals surface area (Å²) >= 11 is 3.44. The van der Waals surface area contributed by atoms with Crippen molar-refractivity contribution in [2.24, 2.45) is 0 Å². The van der Waals surface area contributed by atoms with Crippen LogP contribution >= 0.6 is 15.9 Å². The molecule has 0 saturated carbocycles. The molecule has 1 aromatic heterocycles. The van der Waals surface area contributed by atoms with E-state index in [2.05, 4.69) is 57.4 Å². The Morgan fingerprint density at radius 3 is 2.41 bits per heavy atom. The van der Waals surface area contributed by atoms with Crippen molar-refractivity contribution >= 4 is 27.4 Å². The molecule has 17 heavy (non-hydrogen) atoms. The first-order valence-electron chi connectivity index (χ1n) is 5.68. The van der Waals surface area contributed by atoms with Crippen LogP contribution in [0.3, 0.4) is 0 Å². The van der Waals surface area contributed by atoms with Gasteiger partial charge in [-0.05, 0) is 59.1 Å². The normalized spacial score (nSPS) is 10.3. The van der Waals surface area contributed by atoms with Gasteiger partial charge >= 0.3 is 0 Å². The lowest BCUT2D eigenvalue weighted by Crippen LogP contribution is -1.95. The second-order valence-corrected chi connectivity index (χ2v) is 4.79. The fraction of sp³-hybridized carbons (Fsp3) is 0.214. The van der Waals surface area contributed by atoms with Crippen molar-refractivity contribution in [3.8, 4) is 0 Å². The molecule has 0 aliphatic heterocycles. The third-order valence-corrected chi connectivity index (χ3v) is 3.49. The van der Waals surface area contributed by atoms with Crippen LogP contribution in [0.25, 0.3) is 0 Å². The summed E-state index contributed by atoms with van der Waals surface area (Å²) in [7, 11) is 0. The summed E-state index contributed by atoms with van der Waals surface area (Å²) in [5.74, 6) is 0.870. The molecule has 0 amide bonds. The summed E-state index contributed by atoms with van der Waals surface area (Å²) in [6.45, 7) is 4.14. The summed E-state index contributed by atoms with van der Waals surface area (Å²) in [6.07, 6.45) is 1.07. The molecule has 0 fully saturated rings. The van der Waals surface area contributed by atoms with E-state index in [1.807, 2.05) is 19.1 Å². The number of aryl methyl sites for hydroxylation is 2. The summed E-state index contributed by atoms with van der Waals surface area (Å²) in [5.41, 5.74) is 3.40. The van der Waals surface area contributed by atoms with Crippen LogP contribution in [-0.2, 0) is 6.42 Å². The lowest BCUT2D eigenvalue weighted by molar-refractivity contribution is 1.14. The second kappa shape index (κ2) is 5.32. The molecule has 0 atom stereocenters. The molecule has 0 aliphatic rings. The van der Waals surface area contributed by atoms with Crippen molar-refractivity contribution in [1.29, 1.82) is 0 Å². The molecule has 0 aliphatic carbocycles. The lowest BCUT2D eigenvalue weighted by Gasteiger charge is -2.07. The first-order chi connectivity index (χ1) is 8.19. The number of anilines is 2. The van der Waals surface area contributed by atoms with Crippen LogP contribution in [0.2, 0.25) is 0 Å². The number of hydrogen-bond donors (Lipinski definition) is 1. The van der Waals surface area contributed by atoms with E-state index >= 15 is 0 Å². The van der Waals surface area contributed by atoms with E-state index in [0.29, 0.717) is 0 Å². The maximum atomic E-state index is 4.45. The van der Waals surface area contributed by atoms with Gasteiger partial charge in [0.05, 0.1) is 5.69 Å². The Hall–Kier alpha value is -1.35. The van der Waals surface area contributed by atoms with E-state index in [4.69, 9.17) is 0 Å². The number of halogens is 1. The van der Waals surface area contributed by atoms with Crippen molar-refractivity contribution in [3.63, 3.8) is 0 Å². The predicted molar refractivity (Wildman–Crippen MR) is 75.8 cm³/mol. The molecule has 0 spiro atoms. The average molecular weight is 291 g/mol. The predicted octanol–water partition coefficient (Wildman–Crippen LogP) is 4.46. The zero-order chi connectivity index (χ0) is 12.3. The van der Waals surface area contributed by atoms with Crippen LogP contribution in [0.4, 0.5) is 11.5 Å². The largest absolute Gasteiger partial charge is 0.340 e. The number of pyridine rings is 1. The van der Waals surface area contributed by atoms with Gasteiger partial charge in [0.25, 0.3) is 0 Å². The summed E-state index contributed by atoms with van der Waals surface area (Å²) in [5, 5.41) is 3.29. The minimum absolute atomic E-state index is 0.870. The van der Waals surface area contributed by atoms with Crippen LogP contribution in [0.5, 0.6) is 0 Å². The molecule has 0 radical (unpaired) electrons. The van der Waals surface area contributed by atoms with Gasteiger partial charge < -0.3 is 5.32 Å². The van der Waals surface area contributed by atoms with Crippen LogP contribution < -0.4 is 5.32 Å². The van der Waals surface area contributed by atoms with Gasteiger partial charge in [0, 0.05) is 10.2 Å². The standard InChI is InChI=1S/C14H15BrN2/c1-3-11-4-6-12(7-5-11)17-14-9-8-13(15)10(2)16-14/h4-9H,3H2,1-2H3,(H,16,17). The van der Waals surface area contributed by atoms with E-state index < -0.39 is 0 Å². The number of benzene rings is 1. The lowest BCUT2D eigenvalue weighted by atomic mass is 10.1. The van der Waals surface area contributed by atoms with Crippen molar-refractivity contribution in [1.82, 2.24) is 4.98 Å². The minimum Gasteiger partial charge on any atom is -0.340 e. The number of hydrogen-bond acceptors (Lipinski definition) is 2. The molecule has 1 N–H and O–H groups in total. The number of nitrogens with zero attached hydrogens (tertiary/aromatic N) is 1. The van der Waals surface area contributed by atoms with Crippen molar-refractivity contribution < 1.29 is 0 Å². The summed E-state index contributed by atoms with van der Waals surface area (Å²) in [4.78, 5) is 4.45. The zero-order valence-corrected chi connectivity index (χ0v) is 11.6. The Morgan fingerprint density at radius 1 is 1.12 bits per heavy atom. The van der Waals surface area contributed by atoms with Crippen molar-refractivity contribution in [2.75, 3.05) is 5.32 Å². The number of aromatic nitrogens is 1. The quantitative estimate of drug-likeness (QED) is 0.903. The molecular weight excluding hydrogens is 276 g/mol. The highest BCUT2D eigenvalue weighted by Gasteiger charge is 1.99. The van der Waals surface area contributed by atoms with E-state index in [0.717, 1.165) is 28.1 Å². The molecule has 3 heteroatoms. The summed E-state index contributed by atoms with van der Waals surface area (Å²) < 4.78 is 1.03. The molecule has 2 rings (SSSR count). The van der Waals surface area contributed by atoms with Gasteiger partial charge in [0.2, 0.25) is 0 Å². The van der Waals surface area contributed by atoms with Crippen LogP contribution in [0.15, 0.2) is 40.9 Å². The van der Waals surface area contributed by atoms with E-state index in [9.17, 15) is 0 Å². The van der Waals surface area contributed by atoms with E-state index in [-0.39, 0.29) is 0 Å². The van der Waals surface area contributed by atoms with Gasteiger partial charge in [-0.1, -0.05) is 19.1 Å². The Balaban J connectivity index is 2.16. The second-order valence-electron chi connectivity index (χ2n) is 3.94. The fourth-order valence-corrected chi connectivity index (χ4v) is 1.81. The Labute approximate surface area is 110 Å². The number of rotatable bonds is 3. The van der Waals surface area contributed by atoms with Gasteiger partial charge in [-0.25, -0.2) is 4.98 Å². The smallest absolute Gasteiger partial charge is 0.130 e. The Bertz CT molecular complexity index is 506. The van der Waals surface area contributed by atoms with Crippen molar-refractivity contribution in [2.45, 2.75) is 20.3 Å². The molecule has 2 aromatic rings. The average Bonchev–Trinajstić information content (AvgIpc) is 2.35. The summed E-state index contributed by atoms with van der Waals surface area (Å²) in [6, 6.07) is 12.4. The van der Waals surface area contributed by atoms with Gasteiger partial charge in [-0.15, -0.1) is 0 Å². The molecule has 0 bridgehead atoms. The van der Waals surface area contributed by atoms with Crippen LogP contribution in [-0.4, -0.2) is 4.98 Å². The number of nitrogens with one attached hydrogen (secondary N) is 1. The van der Waals surface area contributed by atoms with Crippen molar-refractivity contribution in [3.05, 3.63) is 52.1 Å². The molecule has 0 saturated heterocycles. The topological polar surface area (TPSA) is 24.9 Å². The highest BCUT2D eigenvalue weighted by Crippen LogP contribution is 2.20. The van der Waals surface area contributed by atoms with Gasteiger partial charge in [0.1, 0.15) is 5.82 Å². The molecule has 1 heterocycles. The van der Waals surface area contributed by atoms with Crippen LogP contribution in [0.1, 0.15) is 18.2 Å². The molecule has 0 unspecified atom stereocenters. The Kier molecular flexibility index (Phi) is 3.79. The first kappa shape index (κ1) is 12.1. The molecule has 88 valence electrons. The van der Waals surface area contributed by atoms with Gasteiger partial charge in [-0.3, -0.25) is 0 Å². The molecule has 1 aromatic carbocycles. The third-order valence-electron chi connectivity index (χ3n) is 2.66. The van der Waals surface area contributed by atoms with E-state index in [1.165, 1.54) is 5.56 Å². The highest BCUT2D eigenvalue weighted by atomic mass is 79.9. The highest BCUT2D eigenvalue weighted by molar-refractivity contribution is 9.10. The zero-order valence-electron chi connectivity index (χ0n) is 10.00. The monoisotopic (exact) mass is 290 g/mol. The van der Waals surface area contributed by atoms with Gasteiger partial charge in [0.15, 0.2) is 0 Å². The fourth-order valence-electron chi connectivity index (χ4n) is 1.59. The molecule has 2 nitrogen and oxygen atoms in total. The maximum absolute atomic E-state index is 4.45.